The number of carbonyl (C=O) groups excluding carboxylic acids is 7. The summed E-state index contributed by atoms with van der Waals surface area (Å²) in [5.74, 6) is -7.71. The summed E-state index contributed by atoms with van der Waals surface area (Å²) in [6.45, 7) is 4.15. The summed E-state index contributed by atoms with van der Waals surface area (Å²) in [7, 11) is 0. The predicted molar refractivity (Wildman–Crippen MR) is 159 cm³/mol. The van der Waals surface area contributed by atoms with Gasteiger partial charge >= 0.3 is 5.97 Å². The van der Waals surface area contributed by atoms with Crippen molar-refractivity contribution < 1.29 is 43.5 Å². The van der Waals surface area contributed by atoms with Gasteiger partial charge in [0.15, 0.2) is 0 Å². The smallest absolute Gasteiger partial charge is 0.326 e. The Balaban J connectivity index is 2.98. The molecule has 0 radical (unpaired) electrons. The van der Waals surface area contributed by atoms with E-state index in [1.165, 1.54) is 6.92 Å². The third-order valence-corrected chi connectivity index (χ3v) is 6.68. The van der Waals surface area contributed by atoms with Gasteiger partial charge in [-0.25, -0.2) is 4.79 Å². The van der Waals surface area contributed by atoms with Crippen molar-refractivity contribution in [2.24, 2.45) is 23.1 Å². The molecule has 45 heavy (non-hydrogen) atoms. The first-order valence-electron chi connectivity index (χ1n) is 14.1. The highest BCUT2D eigenvalue weighted by molar-refractivity contribution is 5.97. The van der Waals surface area contributed by atoms with Crippen LogP contribution in [0.25, 0.3) is 0 Å². The van der Waals surface area contributed by atoms with Crippen molar-refractivity contribution in [1.82, 2.24) is 26.6 Å². The largest absolute Gasteiger partial charge is 0.480 e. The molecule has 1 aromatic carbocycles. The van der Waals surface area contributed by atoms with E-state index < -0.39 is 96.9 Å². The minimum Gasteiger partial charge on any atom is -0.480 e. The lowest BCUT2D eigenvalue weighted by molar-refractivity contribution is -0.143. The molecule has 0 fully saturated rings. The lowest BCUT2D eigenvalue weighted by Gasteiger charge is -2.24. The van der Waals surface area contributed by atoms with Crippen LogP contribution in [0.4, 0.5) is 0 Å². The molecule has 0 aliphatic carbocycles. The molecule has 17 nitrogen and oxygen atoms in total. The monoisotopic (exact) mass is 634 g/mol. The number of nitrogens with one attached hydrogen (secondary N) is 5. The molecule has 6 atom stereocenters. The van der Waals surface area contributed by atoms with Crippen LogP contribution in [-0.4, -0.2) is 89.2 Å². The summed E-state index contributed by atoms with van der Waals surface area (Å²) in [5.41, 5.74) is 16.5. The third-order valence-electron chi connectivity index (χ3n) is 6.68. The van der Waals surface area contributed by atoms with Gasteiger partial charge in [0, 0.05) is 6.42 Å². The molecule has 0 aromatic heterocycles. The van der Waals surface area contributed by atoms with Crippen molar-refractivity contribution in [2.75, 3.05) is 6.54 Å². The zero-order valence-electron chi connectivity index (χ0n) is 25.3. The molecule has 1 rings (SSSR count). The van der Waals surface area contributed by atoms with E-state index in [0.717, 1.165) is 0 Å². The average Bonchev–Trinajstić information content (AvgIpc) is 2.96. The molecule has 17 heteroatoms. The second-order valence-electron chi connectivity index (χ2n) is 10.5. The Kier molecular flexibility index (Phi) is 15.7. The van der Waals surface area contributed by atoms with Gasteiger partial charge in [-0.3, -0.25) is 33.6 Å². The molecule has 0 aliphatic rings. The van der Waals surface area contributed by atoms with Gasteiger partial charge in [0.2, 0.25) is 41.4 Å². The van der Waals surface area contributed by atoms with E-state index in [0.29, 0.717) is 12.0 Å². The topological polar surface area (TPSA) is 295 Å². The molecule has 0 spiro atoms. The Morgan fingerprint density at radius 3 is 1.87 bits per heavy atom. The number of carboxylic acids is 1. The van der Waals surface area contributed by atoms with Gasteiger partial charge in [-0.1, -0.05) is 50.6 Å². The number of aliphatic carboxylic acids is 1. The molecule has 0 heterocycles. The molecular formula is C28H42N8O9. The number of carbonyl (C=O) groups is 8. The van der Waals surface area contributed by atoms with Crippen molar-refractivity contribution in [3.63, 3.8) is 0 Å². The second kappa shape index (κ2) is 18.6. The highest BCUT2D eigenvalue weighted by Crippen LogP contribution is 2.08. The van der Waals surface area contributed by atoms with Gasteiger partial charge in [-0.05, 0) is 18.4 Å². The van der Waals surface area contributed by atoms with Crippen LogP contribution >= 0.6 is 0 Å². The van der Waals surface area contributed by atoms with Crippen molar-refractivity contribution in [3.05, 3.63) is 35.9 Å². The number of nitrogens with two attached hydrogens (primary N) is 3. The van der Waals surface area contributed by atoms with E-state index in [1.54, 1.807) is 44.2 Å². The lowest BCUT2D eigenvalue weighted by Crippen LogP contribution is -2.58. The SMILES string of the molecule is CC[C@H](C)[C@H](NC(=O)[C@H](C)NC(=O)CNC(=O)[C@H](Cc1ccccc1)NC(=O)[C@H](CC(N)=O)NC(=O)[C@@H](N)CC(N)=O)C(=O)O. The van der Waals surface area contributed by atoms with Crippen molar-refractivity contribution in [1.29, 1.82) is 0 Å². The van der Waals surface area contributed by atoms with Crippen LogP contribution in [0.5, 0.6) is 0 Å². The van der Waals surface area contributed by atoms with Gasteiger partial charge in [0.1, 0.15) is 24.2 Å². The van der Waals surface area contributed by atoms with Crippen molar-refractivity contribution in [3.8, 4) is 0 Å². The minimum absolute atomic E-state index is 0.0660. The maximum atomic E-state index is 13.1. The Hall–Kier alpha value is -5.06. The van der Waals surface area contributed by atoms with Gasteiger partial charge in [-0.2, -0.15) is 0 Å². The van der Waals surface area contributed by atoms with Crippen LogP contribution in [0, 0.1) is 5.92 Å². The molecular weight excluding hydrogens is 592 g/mol. The molecule has 12 N–H and O–H groups in total. The van der Waals surface area contributed by atoms with Crippen LogP contribution in [0.2, 0.25) is 0 Å². The number of benzene rings is 1. The second-order valence-corrected chi connectivity index (χ2v) is 10.5. The van der Waals surface area contributed by atoms with E-state index in [9.17, 15) is 43.5 Å². The van der Waals surface area contributed by atoms with Crippen LogP contribution in [0.3, 0.4) is 0 Å². The number of hydrogen-bond acceptors (Lipinski definition) is 9. The maximum Gasteiger partial charge on any atom is 0.326 e. The Morgan fingerprint density at radius 2 is 1.33 bits per heavy atom. The first-order chi connectivity index (χ1) is 21.0. The van der Waals surface area contributed by atoms with E-state index >= 15 is 0 Å². The summed E-state index contributed by atoms with van der Waals surface area (Å²) in [6, 6.07) is 1.88. The zero-order chi connectivity index (χ0) is 34.3. The van der Waals surface area contributed by atoms with E-state index in [1.807, 2.05) is 0 Å². The van der Waals surface area contributed by atoms with E-state index in [-0.39, 0.29) is 12.3 Å². The van der Waals surface area contributed by atoms with Gasteiger partial charge < -0.3 is 48.9 Å². The third kappa shape index (κ3) is 13.8. The van der Waals surface area contributed by atoms with E-state index in [2.05, 4.69) is 26.6 Å². The maximum absolute atomic E-state index is 13.1. The first kappa shape index (κ1) is 38.0. The highest BCUT2D eigenvalue weighted by atomic mass is 16.4. The fourth-order valence-corrected chi connectivity index (χ4v) is 3.94. The molecule has 0 saturated heterocycles. The molecule has 0 saturated carbocycles. The Bertz CT molecular complexity index is 1240. The van der Waals surface area contributed by atoms with Crippen LogP contribution in [0.1, 0.15) is 45.6 Å². The van der Waals surface area contributed by atoms with Crippen LogP contribution in [0.15, 0.2) is 30.3 Å². The standard InChI is InChI=1S/C28H42N8O9/c1-4-14(2)23(28(44)45)36-24(40)15(3)33-22(39)13-32-26(42)18(10-16-8-6-5-7-9-16)35-27(43)19(12-21(31)38)34-25(41)17(29)11-20(30)37/h5-9,14-15,17-19,23H,4,10-13,29H2,1-3H3,(H2,30,37)(H2,31,38)(H,32,42)(H,33,39)(H,34,41)(H,35,43)(H,36,40)(H,44,45)/t14-,15-,17-,18-,19-,23-/m0/s1. The van der Waals surface area contributed by atoms with Crippen molar-refractivity contribution >= 4 is 47.3 Å². The van der Waals surface area contributed by atoms with Gasteiger partial charge in [0.25, 0.3) is 0 Å². The summed E-state index contributed by atoms with van der Waals surface area (Å²) in [5, 5.41) is 21.1. The fourth-order valence-electron chi connectivity index (χ4n) is 3.94. The normalized spacial score (nSPS) is 14.7. The molecule has 7 amide bonds. The van der Waals surface area contributed by atoms with Gasteiger partial charge in [-0.15, -0.1) is 0 Å². The zero-order valence-corrected chi connectivity index (χ0v) is 25.3. The van der Waals surface area contributed by atoms with E-state index in [4.69, 9.17) is 17.2 Å². The predicted octanol–water partition coefficient (Wildman–Crippen LogP) is -3.49. The van der Waals surface area contributed by atoms with Crippen LogP contribution < -0.4 is 43.8 Å². The molecule has 0 unspecified atom stereocenters. The number of amides is 7. The van der Waals surface area contributed by atoms with Crippen LogP contribution in [-0.2, 0) is 44.8 Å². The van der Waals surface area contributed by atoms with Gasteiger partial charge in [0.05, 0.1) is 25.4 Å². The summed E-state index contributed by atoms with van der Waals surface area (Å²) < 4.78 is 0. The number of hydrogen-bond donors (Lipinski definition) is 9. The highest BCUT2D eigenvalue weighted by Gasteiger charge is 2.31. The first-order valence-corrected chi connectivity index (χ1v) is 14.1. The molecule has 248 valence electrons. The minimum atomic E-state index is -1.56. The number of carboxylic acid groups (broad SMARTS) is 1. The summed E-state index contributed by atoms with van der Waals surface area (Å²) in [4.78, 5) is 97.8. The summed E-state index contributed by atoms with van der Waals surface area (Å²) >= 11 is 0. The Morgan fingerprint density at radius 1 is 0.756 bits per heavy atom. The lowest BCUT2D eigenvalue weighted by atomic mass is 9.99. The quantitative estimate of drug-likeness (QED) is 0.0723. The molecule has 0 bridgehead atoms. The fraction of sp³-hybridized carbons (Fsp3) is 0.500. The number of rotatable bonds is 19. The molecule has 1 aromatic rings. The van der Waals surface area contributed by atoms with Crippen molar-refractivity contribution in [2.45, 2.75) is 76.7 Å². The number of primary amides is 2. The average molecular weight is 635 g/mol. The summed E-state index contributed by atoms with van der Waals surface area (Å²) in [6.07, 6.45) is -0.772. The molecule has 0 aliphatic heterocycles. The Labute approximate surface area is 259 Å².